The third-order valence-corrected chi connectivity index (χ3v) is 6.81. The second-order valence-electron chi connectivity index (χ2n) is 8.62. The van der Waals surface area contributed by atoms with Gasteiger partial charge in [-0.15, -0.1) is 11.3 Å². The van der Waals surface area contributed by atoms with Crippen LogP contribution in [0.25, 0.3) is 27.0 Å². The van der Waals surface area contributed by atoms with Crippen molar-refractivity contribution < 1.29 is 28.2 Å². The van der Waals surface area contributed by atoms with Crippen molar-refractivity contribution in [2.45, 2.75) is 32.6 Å². The van der Waals surface area contributed by atoms with E-state index in [4.69, 9.17) is 0 Å². The minimum absolute atomic E-state index is 0.0292. The number of nitriles is 1. The van der Waals surface area contributed by atoms with E-state index >= 15 is 4.39 Å². The third-order valence-electron chi connectivity index (χ3n) is 5.70. The monoisotopic (exact) mass is 484 g/mol. The van der Waals surface area contributed by atoms with Gasteiger partial charge in [0, 0.05) is 34.8 Å². The first-order valence-corrected chi connectivity index (χ1v) is 11.0. The van der Waals surface area contributed by atoms with Gasteiger partial charge in [-0.3, -0.25) is 0 Å². The summed E-state index contributed by atoms with van der Waals surface area (Å²) in [5, 5.41) is 29.8. The van der Waals surface area contributed by atoms with Gasteiger partial charge in [-0.1, -0.05) is 13.8 Å². The molecule has 0 atom stereocenters. The molecule has 0 fully saturated rings. The maximum atomic E-state index is 15.1. The molecule has 0 amide bonds. The Kier molecular flexibility index (Phi) is 5.66. The molecule has 0 radical (unpaired) electrons. The highest BCUT2D eigenvalue weighted by molar-refractivity contribution is 7.17. The molecule has 0 aliphatic heterocycles. The average molecular weight is 484 g/mol. The quantitative estimate of drug-likeness (QED) is 0.331. The van der Waals surface area contributed by atoms with Gasteiger partial charge in [0.25, 0.3) is 0 Å². The number of fused-ring (bicyclic) bond motifs is 1. The summed E-state index contributed by atoms with van der Waals surface area (Å²) in [5.74, 6) is -3.82. The van der Waals surface area contributed by atoms with Gasteiger partial charge in [0.15, 0.2) is 0 Å². The van der Waals surface area contributed by atoms with E-state index < -0.39 is 34.6 Å². The van der Waals surface area contributed by atoms with Crippen LogP contribution < -0.4 is 0 Å². The average Bonchev–Trinajstić information content (AvgIpc) is 3.28. The van der Waals surface area contributed by atoms with Crippen LogP contribution in [0.2, 0.25) is 0 Å². The lowest BCUT2D eigenvalue weighted by molar-refractivity contribution is 0.0701. The van der Waals surface area contributed by atoms with Crippen molar-refractivity contribution in [1.82, 2.24) is 4.57 Å². The van der Waals surface area contributed by atoms with Crippen molar-refractivity contribution in [1.29, 1.82) is 5.26 Å². The molecule has 0 saturated carbocycles. The van der Waals surface area contributed by atoms with Crippen LogP contribution in [-0.4, -0.2) is 20.7 Å². The molecule has 0 saturated heterocycles. The standard InChI is InChI=1S/C25H19F3N2O3S/c1-12-8-14(4-5-15(12)27)30-17-9-13(26)10-18(31)20(17)21(23(30)25(2,3)6-7-29)22-16(28)11-19(34-22)24(32)33/h4-5,8-11,31H,6H2,1-3H3,(H,32,33). The van der Waals surface area contributed by atoms with Gasteiger partial charge >= 0.3 is 5.97 Å². The number of carboxylic acids is 1. The lowest BCUT2D eigenvalue weighted by Gasteiger charge is -2.26. The molecule has 0 unspecified atom stereocenters. The molecule has 5 nitrogen and oxygen atoms in total. The highest BCUT2D eigenvalue weighted by Gasteiger charge is 2.35. The number of halogens is 3. The number of benzene rings is 2. The molecule has 0 bridgehead atoms. The SMILES string of the molecule is Cc1cc(-n2c(C(C)(C)CC#N)c(-c3sc(C(=O)O)cc3F)c3c(O)cc(F)cc32)ccc1F. The second kappa shape index (κ2) is 8.22. The minimum atomic E-state index is -1.32. The first-order valence-electron chi connectivity index (χ1n) is 10.2. The van der Waals surface area contributed by atoms with Crippen molar-refractivity contribution in [3.63, 3.8) is 0 Å². The van der Waals surface area contributed by atoms with Gasteiger partial charge in [0.1, 0.15) is 28.1 Å². The van der Waals surface area contributed by atoms with Gasteiger partial charge in [-0.2, -0.15) is 5.26 Å². The van der Waals surface area contributed by atoms with E-state index in [1.165, 1.54) is 18.2 Å². The molecule has 4 aromatic rings. The van der Waals surface area contributed by atoms with E-state index in [1.54, 1.807) is 25.3 Å². The van der Waals surface area contributed by atoms with Crippen molar-refractivity contribution in [3.05, 3.63) is 70.0 Å². The van der Waals surface area contributed by atoms with Crippen LogP contribution in [0, 0.1) is 35.7 Å². The van der Waals surface area contributed by atoms with Crippen LogP contribution >= 0.6 is 11.3 Å². The molecule has 0 aliphatic carbocycles. The Morgan fingerprint density at radius 2 is 1.85 bits per heavy atom. The number of aromatic nitrogens is 1. The van der Waals surface area contributed by atoms with E-state index in [9.17, 15) is 29.1 Å². The van der Waals surface area contributed by atoms with E-state index in [2.05, 4.69) is 6.07 Å². The zero-order valence-electron chi connectivity index (χ0n) is 18.4. The highest BCUT2D eigenvalue weighted by atomic mass is 32.1. The van der Waals surface area contributed by atoms with E-state index in [-0.39, 0.29) is 32.6 Å². The normalized spacial score (nSPS) is 11.7. The van der Waals surface area contributed by atoms with Crippen molar-refractivity contribution >= 4 is 28.2 Å². The molecule has 9 heteroatoms. The summed E-state index contributed by atoms with van der Waals surface area (Å²) < 4.78 is 45.2. The Hall–Kier alpha value is -3.77. The van der Waals surface area contributed by atoms with E-state index in [0.717, 1.165) is 18.2 Å². The summed E-state index contributed by atoms with van der Waals surface area (Å²) in [6, 6.07) is 9.26. The Morgan fingerprint density at radius 3 is 2.44 bits per heavy atom. The number of aryl methyl sites for hydroxylation is 1. The fourth-order valence-corrected chi connectivity index (χ4v) is 5.11. The summed E-state index contributed by atoms with van der Waals surface area (Å²) in [6.07, 6.45) is -0.0292. The number of phenolic OH excluding ortho intramolecular Hbond substituents is 1. The maximum absolute atomic E-state index is 15.1. The van der Waals surface area contributed by atoms with E-state index in [0.29, 0.717) is 28.3 Å². The predicted octanol–water partition coefficient (Wildman–Crippen LogP) is 6.68. The van der Waals surface area contributed by atoms with Gasteiger partial charge in [-0.05, 0) is 42.8 Å². The fourth-order valence-electron chi connectivity index (χ4n) is 4.19. The largest absolute Gasteiger partial charge is 0.507 e. The molecule has 34 heavy (non-hydrogen) atoms. The van der Waals surface area contributed by atoms with Crippen LogP contribution in [0.15, 0.2) is 36.4 Å². The second-order valence-corrected chi connectivity index (χ2v) is 9.68. The summed E-state index contributed by atoms with van der Waals surface area (Å²) in [6.45, 7) is 5.03. The Balaban J connectivity index is 2.26. The topological polar surface area (TPSA) is 86.2 Å². The predicted molar refractivity (Wildman–Crippen MR) is 123 cm³/mol. The highest BCUT2D eigenvalue weighted by Crippen LogP contribution is 2.49. The van der Waals surface area contributed by atoms with E-state index in [1.807, 2.05) is 0 Å². The number of carboxylic acid groups (broad SMARTS) is 1. The van der Waals surface area contributed by atoms with Crippen LogP contribution in [0.3, 0.4) is 0 Å². The van der Waals surface area contributed by atoms with Gasteiger partial charge in [-0.25, -0.2) is 18.0 Å². The minimum Gasteiger partial charge on any atom is -0.507 e. The summed E-state index contributed by atoms with van der Waals surface area (Å²) in [4.78, 5) is 11.2. The Labute approximate surface area is 196 Å². The van der Waals surface area contributed by atoms with Crippen LogP contribution in [0.5, 0.6) is 5.75 Å². The molecule has 4 rings (SSSR count). The molecule has 0 spiro atoms. The summed E-state index contributed by atoms with van der Waals surface area (Å²) in [7, 11) is 0. The van der Waals surface area contributed by atoms with Crippen molar-refractivity contribution in [3.8, 4) is 27.9 Å². The van der Waals surface area contributed by atoms with Crippen LogP contribution in [-0.2, 0) is 5.41 Å². The summed E-state index contributed by atoms with van der Waals surface area (Å²) >= 11 is 0.675. The molecule has 174 valence electrons. The van der Waals surface area contributed by atoms with Gasteiger partial charge in [0.05, 0.1) is 21.8 Å². The van der Waals surface area contributed by atoms with Crippen LogP contribution in [0.1, 0.15) is 41.2 Å². The Bertz CT molecular complexity index is 1510. The third kappa shape index (κ3) is 3.70. The fraction of sp³-hybridized carbons (Fsp3) is 0.200. The molecule has 0 aliphatic rings. The lowest BCUT2D eigenvalue weighted by Crippen LogP contribution is -2.22. The van der Waals surface area contributed by atoms with Crippen molar-refractivity contribution in [2.24, 2.45) is 0 Å². The molecule has 2 aromatic heterocycles. The van der Waals surface area contributed by atoms with Crippen molar-refractivity contribution in [2.75, 3.05) is 0 Å². The Morgan fingerprint density at radius 1 is 1.15 bits per heavy atom. The number of aromatic carboxylic acids is 1. The molecule has 2 aromatic carbocycles. The maximum Gasteiger partial charge on any atom is 0.345 e. The number of aromatic hydroxyl groups is 1. The van der Waals surface area contributed by atoms with Crippen LogP contribution in [0.4, 0.5) is 13.2 Å². The molecule has 2 heterocycles. The summed E-state index contributed by atoms with van der Waals surface area (Å²) in [5.41, 5.74) is 0.439. The first kappa shape index (κ1) is 23.4. The smallest absolute Gasteiger partial charge is 0.345 e. The number of hydrogen-bond acceptors (Lipinski definition) is 4. The number of thiophene rings is 1. The van der Waals surface area contributed by atoms with Gasteiger partial charge < -0.3 is 14.8 Å². The number of carbonyl (C=O) groups is 1. The number of hydrogen-bond donors (Lipinski definition) is 2. The first-order chi connectivity index (χ1) is 16.0. The molecular weight excluding hydrogens is 465 g/mol. The van der Waals surface area contributed by atoms with Gasteiger partial charge in [0.2, 0.25) is 0 Å². The lowest BCUT2D eigenvalue weighted by atomic mass is 9.83. The number of nitrogens with zero attached hydrogens (tertiary/aromatic N) is 2. The number of rotatable bonds is 5. The zero-order chi connectivity index (χ0) is 24.9. The molecule has 2 N–H and O–H groups in total. The molecular formula is C25H19F3N2O3S. The zero-order valence-corrected chi connectivity index (χ0v) is 19.2. The number of phenols is 1.